The first-order chi connectivity index (χ1) is 14.6. The summed E-state index contributed by atoms with van der Waals surface area (Å²) in [6.45, 7) is 3.19. The van der Waals surface area contributed by atoms with Gasteiger partial charge < -0.3 is 9.80 Å². The third-order valence-corrected chi connectivity index (χ3v) is 8.21. The molecular formula is C25H28N4O. The minimum atomic E-state index is -0.0474. The van der Waals surface area contributed by atoms with Crippen molar-refractivity contribution in [2.24, 2.45) is 23.2 Å². The number of pyridine rings is 1. The number of fused-ring (bicyclic) bond motifs is 1. The second-order valence-electron chi connectivity index (χ2n) is 10.1. The zero-order valence-electron chi connectivity index (χ0n) is 17.4. The summed E-state index contributed by atoms with van der Waals surface area (Å²) >= 11 is 0. The number of nitrogens with zero attached hydrogens (tertiary/aromatic N) is 4. The van der Waals surface area contributed by atoms with Gasteiger partial charge in [0.15, 0.2) is 0 Å². The van der Waals surface area contributed by atoms with Gasteiger partial charge in [-0.05, 0) is 68.4 Å². The predicted octanol–water partition coefficient (Wildman–Crippen LogP) is 3.97. The Kier molecular flexibility index (Phi) is 4.06. The average molecular weight is 401 g/mol. The van der Waals surface area contributed by atoms with Gasteiger partial charge in [-0.1, -0.05) is 18.2 Å². The van der Waals surface area contributed by atoms with Gasteiger partial charge >= 0.3 is 0 Å². The number of hydrogen-bond acceptors (Lipinski definition) is 4. The third kappa shape index (κ3) is 2.80. The molecule has 1 aromatic carbocycles. The average Bonchev–Trinajstić information content (AvgIpc) is 2.77. The minimum Gasteiger partial charge on any atom is -0.367 e. The number of aromatic nitrogens is 1. The molecule has 1 saturated heterocycles. The van der Waals surface area contributed by atoms with Crippen molar-refractivity contribution in [3.8, 4) is 6.07 Å². The topological polar surface area (TPSA) is 60.2 Å². The summed E-state index contributed by atoms with van der Waals surface area (Å²) in [5.41, 5.74) is 2.34. The van der Waals surface area contributed by atoms with Crippen LogP contribution in [-0.2, 0) is 4.79 Å². The molecule has 2 aromatic rings. The van der Waals surface area contributed by atoms with Gasteiger partial charge in [-0.2, -0.15) is 5.26 Å². The molecular weight excluding hydrogens is 372 g/mol. The lowest BCUT2D eigenvalue weighted by molar-refractivity contribution is -0.158. The molecule has 5 nitrogen and oxygen atoms in total. The molecule has 5 heteroatoms. The number of nitriles is 1. The van der Waals surface area contributed by atoms with Crippen LogP contribution in [0.25, 0.3) is 10.9 Å². The quantitative estimate of drug-likeness (QED) is 0.765. The molecule has 4 bridgehead atoms. The molecule has 1 amide bonds. The summed E-state index contributed by atoms with van der Waals surface area (Å²) in [6, 6.07) is 12.1. The number of amides is 1. The number of rotatable bonds is 2. The Morgan fingerprint density at radius 2 is 1.63 bits per heavy atom. The van der Waals surface area contributed by atoms with E-state index in [0.717, 1.165) is 79.8 Å². The molecule has 0 atom stereocenters. The number of anilines is 1. The molecule has 0 N–H and O–H groups in total. The van der Waals surface area contributed by atoms with Crippen molar-refractivity contribution in [3.05, 3.63) is 36.0 Å². The van der Waals surface area contributed by atoms with Crippen molar-refractivity contribution in [1.82, 2.24) is 9.88 Å². The molecule has 1 aromatic heterocycles. The number of hydrogen-bond donors (Lipinski definition) is 0. The van der Waals surface area contributed by atoms with Crippen molar-refractivity contribution >= 4 is 22.5 Å². The lowest BCUT2D eigenvalue weighted by Gasteiger charge is -2.57. The van der Waals surface area contributed by atoms with E-state index in [2.05, 4.69) is 26.9 Å². The lowest BCUT2D eigenvalue weighted by atomic mass is 9.49. The number of piperazine rings is 1. The monoisotopic (exact) mass is 400 g/mol. The molecule has 4 aliphatic carbocycles. The largest absolute Gasteiger partial charge is 0.367 e. The summed E-state index contributed by atoms with van der Waals surface area (Å²) in [4.78, 5) is 22.6. The molecule has 5 fully saturated rings. The van der Waals surface area contributed by atoms with E-state index in [1.807, 2.05) is 24.3 Å². The molecule has 0 unspecified atom stereocenters. The number of para-hydroxylation sites is 1. The second-order valence-corrected chi connectivity index (χ2v) is 10.1. The van der Waals surface area contributed by atoms with Gasteiger partial charge in [-0.15, -0.1) is 0 Å². The second kappa shape index (κ2) is 6.70. The van der Waals surface area contributed by atoms with Crippen LogP contribution in [0.4, 0.5) is 5.69 Å². The Balaban J connectivity index is 1.21. The van der Waals surface area contributed by atoms with Crippen LogP contribution in [0.1, 0.15) is 44.2 Å². The van der Waals surface area contributed by atoms with Crippen molar-refractivity contribution in [1.29, 1.82) is 5.26 Å². The van der Waals surface area contributed by atoms with Crippen LogP contribution < -0.4 is 4.90 Å². The Morgan fingerprint density at radius 1 is 1.00 bits per heavy atom. The normalized spacial score (nSPS) is 32.4. The molecule has 1 aliphatic heterocycles. The van der Waals surface area contributed by atoms with E-state index in [9.17, 15) is 10.1 Å². The zero-order chi connectivity index (χ0) is 20.3. The highest BCUT2D eigenvalue weighted by molar-refractivity contribution is 5.92. The Labute approximate surface area is 177 Å². The maximum Gasteiger partial charge on any atom is 0.228 e. The molecule has 7 rings (SSSR count). The van der Waals surface area contributed by atoms with Crippen molar-refractivity contribution in [3.63, 3.8) is 0 Å². The van der Waals surface area contributed by atoms with E-state index in [1.165, 1.54) is 19.3 Å². The first-order valence-electron chi connectivity index (χ1n) is 11.5. The van der Waals surface area contributed by atoms with E-state index < -0.39 is 0 Å². The van der Waals surface area contributed by atoms with Crippen LogP contribution in [0.3, 0.4) is 0 Å². The van der Waals surface area contributed by atoms with Crippen molar-refractivity contribution in [2.45, 2.75) is 38.5 Å². The van der Waals surface area contributed by atoms with Crippen LogP contribution in [0.2, 0.25) is 0 Å². The van der Waals surface area contributed by atoms with Crippen LogP contribution in [0, 0.1) is 34.5 Å². The maximum absolute atomic E-state index is 13.7. The van der Waals surface area contributed by atoms with Gasteiger partial charge in [0.25, 0.3) is 0 Å². The molecule has 154 valence electrons. The summed E-state index contributed by atoms with van der Waals surface area (Å²) < 4.78 is 0. The molecule has 0 spiro atoms. The van der Waals surface area contributed by atoms with Gasteiger partial charge in [-0.3, -0.25) is 4.79 Å². The molecule has 2 heterocycles. The van der Waals surface area contributed by atoms with Crippen LogP contribution >= 0.6 is 0 Å². The zero-order valence-corrected chi connectivity index (χ0v) is 17.4. The summed E-state index contributed by atoms with van der Waals surface area (Å²) in [7, 11) is 0. The predicted molar refractivity (Wildman–Crippen MR) is 116 cm³/mol. The highest BCUT2D eigenvalue weighted by Gasteiger charge is 2.55. The Hall–Kier alpha value is -2.61. The smallest absolute Gasteiger partial charge is 0.228 e. The lowest BCUT2D eigenvalue weighted by Crippen LogP contribution is -2.58. The molecule has 0 radical (unpaired) electrons. The SMILES string of the molecule is N#Cc1cc(N2CCN(C(=O)C34CC5CC(CC(C5)C3)C4)CC2)c2ccccc2n1. The number of benzene rings is 1. The maximum atomic E-state index is 13.7. The van der Waals surface area contributed by atoms with Gasteiger partial charge in [0.05, 0.1) is 10.9 Å². The van der Waals surface area contributed by atoms with Gasteiger partial charge in [0.2, 0.25) is 5.91 Å². The fourth-order valence-corrected chi connectivity index (χ4v) is 7.33. The van der Waals surface area contributed by atoms with Crippen LogP contribution in [0.5, 0.6) is 0 Å². The Bertz CT molecular complexity index is 1010. The first kappa shape index (κ1) is 18.2. The van der Waals surface area contributed by atoms with E-state index in [-0.39, 0.29) is 5.41 Å². The summed E-state index contributed by atoms with van der Waals surface area (Å²) in [6.07, 6.45) is 7.53. The fraction of sp³-hybridized carbons (Fsp3) is 0.560. The van der Waals surface area contributed by atoms with Gasteiger partial charge in [0.1, 0.15) is 11.8 Å². The van der Waals surface area contributed by atoms with Gasteiger partial charge in [0, 0.05) is 37.3 Å². The van der Waals surface area contributed by atoms with Crippen LogP contribution in [0.15, 0.2) is 30.3 Å². The molecule has 5 aliphatic rings. The highest BCUT2D eigenvalue weighted by atomic mass is 16.2. The van der Waals surface area contributed by atoms with E-state index in [4.69, 9.17) is 0 Å². The third-order valence-electron chi connectivity index (χ3n) is 8.21. The molecule has 30 heavy (non-hydrogen) atoms. The highest BCUT2D eigenvalue weighted by Crippen LogP contribution is 2.60. The van der Waals surface area contributed by atoms with Crippen LogP contribution in [-0.4, -0.2) is 42.0 Å². The van der Waals surface area contributed by atoms with E-state index in [0.29, 0.717) is 11.6 Å². The minimum absolute atomic E-state index is 0.0474. The first-order valence-corrected chi connectivity index (χ1v) is 11.5. The van der Waals surface area contributed by atoms with E-state index >= 15 is 0 Å². The molecule has 4 saturated carbocycles. The van der Waals surface area contributed by atoms with Crippen molar-refractivity contribution < 1.29 is 4.79 Å². The number of carbonyl (C=O) groups is 1. The Morgan fingerprint density at radius 3 is 2.27 bits per heavy atom. The number of carbonyl (C=O) groups excluding carboxylic acids is 1. The summed E-state index contributed by atoms with van der Waals surface area (Å²) in [5, 5.41) is 10.5. The van der Waals surface area contributed by atoms with Gasteiger partial charge in [-0.25, -0.2) is 4.98 Å². The summed E-state index contributed by atoms with van der Waals surface area (Å²) in [5.74, 6) is 2.84. The fourth-order valence-electron chi connectivity index (χ4n) is 7.33. The standard InChI is InChI=1S/C25H28N4O/c26-16-20-12-23(21-3-1-2-4-22(21)27-20)28-5-7-29(8-6-28)24(30)25-13-17-9-18(14-25)11-19(10-17)15-25/h1-4,12,17-19H,5-11,13-15H2. The van der Waals surface area contributed by atoms with Crippen molar-refractivity contribution in [2.75, 3.05) is 31.1 Å². The van der Waals surface area contributed by atoms with E-state index in [1.54, 1.807) is 0 Å².